The number of carbonyl (C=O) groups is 3. The summed E-state index contributed by atoms with van der Waals surface area (Å²) in [7, 11) is 0. The fourth-order valence-electron chi connectivity index (χ4n) is 4.81. The van der Waals surface area contributed by atoms with Crippen molar-refractivity contribution in [1.29, 1.82) is 0 Å². The predicted molar refractivity (Wildman–Crippen MR) is 147 cm³/mol. The van der Waals surface area contributed by atoms with E-state index in [0.29, 0.717) is 24.2 Å². The zero-order valence-corrected chi connectivity index (χ0v) is 22.2. The molecule has 0 N–H and O–H groups in total. The Morgan fingerprint density at radius 1 is 0.949 bits per heavy atom. The van der Waals surface area contributed by atoms with Crippen LogP contribution in [-0.2, 0) is 11.3 Å². The summed E-state index contributed by atoms with van der Waals surface area (Å²) in [5.41, 5.74) is 2.40. The number of imide groups is 1. The molecule has 5 rings (SSSR count). The van der Waals surface area contributed by atoms with E-state index in [1.807, 2.05) is 23.1 Å². The van der Waals surface area contributed by atoms with Gasteiger partial charge in [0.25, 0.3) is 17.1 Å². The lowest BCUT2D eigenvalue weighted by Crippen LogP contribution is -2.49. The molecule has 9 heteroatoms. The molecule has 200 valence electrons. The number of halogens is 2. The summed E-state index contributed by atoms with van der Waals surface area (Å²) in [5.74, 6) is -2.20. The van der Waals surface area contributed by atoms with Gasteiger partial charge in [-0.25, -0.2) is 8.78 Å². The van der Waals surface area contributed by atoms with E-state index in [0.717, 1.165) is 41.9 Å². The summed E-state index contributed by atoms with van der Waals surface area (Å²) < 4.78 is 27.3. The second-order valence-corrected chi connectivity index (χ2v) is 10.5. The van der Waals surface area contributed by atoms with Crippen LogP contribution in [0.5, 0.6) is 0 Å². The SMILES string of the molecule is C[C@H](c1ccccc1)N1CCN(C(=O)c2cccc(/C=C3\SC(=O)N(Cc4ccc(F)cc4F)C3=O)c2)CC1. The first-order valence-electron chi connectivity index (χ1n) is 12.7. The molecular formula is C30H27F2N3O3S. The van der Waals surface area contributed by atoms with E-state index < -0.39 is 22.8 Å². The Bertz CT molecular complexity index is 1440. The van der Waals surface area contributed by atoms with E-state index >= 15 is 0 Å². The number of piperazine rings is 1. The highest BCUT2D eigenvalue weighted by atomic mass is 32.2. The highest BCUT2D eigenvalue weighted by molar-refractivity contribution is 8.18. The molecule has 2 heterocycles. The number of rotatable bonds is 6. The molecule has 3 aromatic rings. The highest BCUT2D eigenvalue weighted by Crippen LogP contribution is 2.34. The molecule has 39 heavy (non-hydrogen) atoms. The number of hydrogen-bond acceptors (Lipinski definition) is 5. The first-order valence-corrected chi connectivity index (χ1v) is 13.5. The Balaban J connectivity index is 1.24. The molecule has 6 nitrogen and oxygen atoms in total. The lowest BCUT2D eigenvalue weighted by Gasteiger charge is -2.38. The number of nitrogens with zero attached hydrogens (tertiary/aromatic N) is 3. The molecule has 0 bridgehead atoms. The number of thioether (sulfide) groups is 1. The van der Waals surface area contributed by atoms with Crippen LogP contribution in [0.15, 0.2) is 77.7 Å². The van der Waals surface area contributed by atoms with Gasteiger partial charge in [-0.1, -0.05) is 48.5 Å². The minimum absolute atomic E-state index is 0.0470. The van der Waals surface area contributed by atoms with Crippen LogP contribution in [0.25, 0.3) is 6.08 Å². The van der Waals surface area contributed by atoms with E-state index in [4.69, 9.17) is 0 Å². The van der Waals surface area contributed by atoms with Gasteiger partial charge in [-0.15, -0.1) is 0 Å². The van der Waals surface area contributed by atoms with Gasteiger partial charge in [0, 0.05) is 49.4 Å². The molecule has 0 radical (unpaired) electrons. The normalized spacial score (nSPS) is 18.2. The van der Waals surface area contributed by atoms with Crippen molar-refractivity contribution in [2.24, 2.45) is 0 Å². The Hall–Kier alpha value is -3.82. The summed E-state index contributed by atoms with van der Waals surface area (Å²) in [5, 5.41) is -0.537. The van der Waals surface area contributed by atoms with Gasteiger partial charge < -0.3 is 4.90 Å². The van der Waals surface area contributed by atoms with Crippen LogP contribution in [0, 0.1) is 11.6 Å². The van der Waals surface area contributed by atoms with Gasteiger partial charge in [0.05, 0.1) is 11.4 Å². The third-order valence-electron chi connectivity index (χ3n) is 7.08. The molecule has 0 spiro atoms. The zero-order chi connectivity index (χ0) is 27.5. The van der Waals surface area contributed by atoms with Gasteiger partial charge in [-0.3, -0.25) is 24.2 Å². The number of amides is 3. The second-order valence-electron chi connectivity index (χ2n) is 9.54. The van der Waals surface area contributed by atoms with E-state index in [2.05, 4.69) is 24.0 Å². The minimum Gasteiger partial charge on any atom is -0.336 e. The third-order valence-corrected chi connectivity index (χ3v) is 7.99. The van der Waals surface area contributed by atoms with Crippen molar-refractivity contribution in [3.05, 3.63) is 112 Å². The smallest absolute Gasteiger partial charge is 0.293 e. The third kappa shape index (κ3) is 5.94. The zero-order valence-electron chi connectivity index (χ0n) is 21.3. The molecule has 0 aromatic heterocycles. The summed E-state index contributed by atoms with van der Waals surface area (Å²) in [6.07, 6.45) is 1.56. The minimum atomic E-state index is -0.820. The van der Waals surface area contributed by atoms with Crippen molar-refractivity contribution in [1.82, 2.24) is 14.7 Å². The van der Waals surface area contributed by atoms with E-state index in [-0.39, 0.29) is 29.0 Å². The molecule has 0 saturated carbocycles. The summed E-state index contributed by atoms with van der Waals surface area (Å²) in [6, 6.07) is 20.5. The van der Waals surface area contributed by atoms with Gasteiger partial charge in [0.1, 0.15) is 11.6 Å². The van der Waals surface area contributed by atoms with Gasteiger partial charge in [0.15, 0.2) is 0 Å². The average Bonchev–Trinajstić information content (AvgIpc) is 3.21. The molecular weight excluding hydrogens is 520 g/mol. The lowest BCUT2D eigenvalue weighted by atomic mass is 10.1. The Kier molecular flexibility index (Phi) is 7.90. The number of carbonyl (C=O) groups excluding carboxylic acids is 3. The molecule has 2 aliphatic rings. The molecule has 3 amide bonds. The van der Waals surface area contributed by atoms with E-state index in [1.165, 1.54) is 11.6 Å². The van der Waals surface area contributed by atoms with Crippen molar-refractivity contribution in [3.63, 3.8) is 0 Å². The molecule has 3 aromatic carbocycles. The van der Waals surface area contributed by atoms with Crippen molar-refractivity contribution in [2.45, 2.75) is 19.5 Å². The van der Waals surface area contributed by atoms with Crippen LogP contribution < -0.4 is 0 Å². The Morgan fingerprint density at radius 3 is 2.41 bits per heavy atom. The number of hydrogen-bond donors (Lipinski definition) is 0. The van der Waals surface area contributed by atoms with Crippen LogP contribution >= 0.6 is 11.8 Å². The summed E-state index contributed by atoms with van der Waals surface area (Å²) >= 11 is 0.749. The maximum absolute atomic E-state index is 14.1. The molecule has 0 unspecified atom stereocenters. The lowest BCUT2D eigenvalue weighted by molar-refractivity contribution is -0.123. The van der Waals surface area contributed by atoms with Gasteiger partial charge in [0.2, 0.25) is 0 Å². The van der Waals surface area contributed by atoms with E-state index in [9.17, 15) is 23.2 Å². The second kappa shape index (κ2) is 11.5. The fraction of sp³-hybridized carbons (Fsp3) is 0.233. The largest absolute Gasteiger partial charge is 0.336 e. The van der Waals surface area contributed by atoms with Gasteiger partial charge in [-0.05, 0) is 54.1 Å². The predicted octanol–water partition coefficient (Wildman–Crippen LogP) is 5.72. The Labute approximate surface area is 229 Å². The summed E-state index contributed by atoms with van der Waals surface area (Å²) in [6.45, 7) is 4.64. The van der Waals surface area contributed by atoms with Crippen LogP contribution in [-0.4, -0.2) is 57.9 Å². The first-order chi connectivity index (χ1) is 18.8. The monoisotopic (exact) mass is 547 g/mol. The summed E-state index contributed by atoms with van der Waals surface area (Å²) in [4.78, 5) is 43.9. The molecule has 2 saturated heterocycles. The molecule has 1 atom stereocenters. The molecule has 2 fully saturated rings. The maximum atomic E-state index is 14.1. The van der Waals surface area contributed by atoms with Crippen molar-refractivity contribution in [3.8, 4) is 0 Å². The fourth-order valence-corrected chi connectivity index (χ4v) is 5.64. The van der Waals surface area contributed by atoms with Gasteiger partial charge >= 0.3 is 0 Å². The van der Waals surface area contributed by atoms with Crippen molar-refractivity contribution < 1.29 is 23.2 Å². The van der Waals surface area contributed by atoms with Crippen LogP contribution in [0.1, 0.15) is 40.0 Å². The standard InChI is InChI=1S/C30H27F2N3O3S/c1-20(22-7-3-2-4-8-22)33-12-14-34(15-13-33)28(36)23-9-5-6-21(16-23)17-27-29(37)35(30(38)39-27)19-24-10-11-25(31)18-26(24)32/h2-11,16-18,20H,12-15,19H2,1H3/b27-17-/t20-/m1/s1. The molecule has 2 aliphatic heterocycles. The molecule has 0 aliphatic carbocycles. The van der Waals surface area contributed by atoms with E-state index in [1.54, 1.807) is 30.3 Å². The first kappa shape index (κ1) is 26.8. The Morgan fingerprint density at radius 2 is 1.69 bits per heavy atom. The van der Waals surface area contributed by atoms with Crippen LogP contribution in [0.3, 0.4) is 0 Å². The van der Waals surface area contributed by atoms with Crippen LogP contribution in [0.2, 0.25) is 0 Å². The quantitative estimate of drug-likeness (QED) is 0.370. The average molecular weight is 548 g/mol. The number of benzene rings is 3. The van der Waals surface area contributed by atoms with Crippen molar-refractivity contribution >= 4 is 34.9 Å². The van der Waals surface area contributed by atoms with Crippen molar-refractivity contribution in [2.75, 3.05) is 26.2 Å². The topological polar surface area (TPSA) is 60.9 Å². The van der Waals surface area contributed by atoms with Gasteiger partial charge in [-0.2, -0.15) is 0 Å². The highest BCUT2D eigenvalue weighted by Gasteiger charge is 2.35. The van der Waals surface area contributed by atoms with Crippen LogP contribution in [0.4, 0.5) is 13.6 Å². The maximum Gasteiger partial charge on any atom is 0.293 e.